The summed E-state index contributed by atoms with van der Waals surface area (Å²) in [5, 5.41) is 0. The van der Waals surface area contributed by atoms with Gasteiger partial charge in [-0.3, -0.25) is 19.2 Å². The summed E-state index contributed by atoms with van der Waals surface area (Å²) >= 11 is 0. The first-order valence-electron chi connectivity index (χ1n) is 15.2. The molecule has 4 aromatic rings. The number of hydrogen-bond donors (Lipinski definition) is 0. The van der Waals surface area contributed by atoms with Crippen molar-refractivity contribution >= 4 is 35.1 Å². The van der Waals surface area contributed by atoms with Gasteiger partial charge in [0.1, 0.15) is 11.5 Å². The third kappa shape index (κ3) is 4.05. The number of methoxy groups -OCH3 is 1. The Kier molecular flexibility index (Phi) is 6.17. The molecule has 2 bridgehead atoms. The number of carbonyl (C=O) groups is 4. The standard InChI is InChI=1S/C37H30N2O6/c1-20-17-24(45-37(43)21-18-30(40)38(19-21)22-11-13-23(44-2)14-12-22)15-16-29(20)39-35(41)33-31-25-7-3-4-8-26(25)32(34(33)36(39)42)28-10-6-5-9-27(28)31/h3-17,21,31-34H,18-19H2,1-2H3/t21-,31?,32?,33+,34+/m1/s1. The fraction of sp³-hybridized carbons (Fsp3) is 0.243. The number of anilines is 2. The van der Waals surface area contributed by atoms with Crippen LogP contribution in [0.5, 0.6) is 11.5 Å². The van der Waals surface area contributed by atoms with Crippen LogP contribution in [-0.4, -0.2) is 37.3 Å². The van der Waals surface area contributed by atoms with Crippen LogP contribution in [0.15, 0.2) is 91.0 Å². The maximum absolute atomic E-state index is 14.1. The first-order chi connectivity index (χ1) is 21.9. The quantitative estimate of drug-likeness (QED) is 0.175. The van der Waals surface area contributed by atoms with Crippen molar-refractivity contribution in [2.45, 2.75) is 25.2 Å². The molecule has 3 aliphatic carbocycles. The van der Waals surface area contributed by atoms with Gasteiger partial charge in [-0.1, -0.05) is 48.5 Å². The number of ether oxygens (including phenoxy) is 2. The Bertz CT molecular complexity index is 1800. The molecule has 0 radical (unpaired) electrons. The second kappa shape index (κ2) is 10.2. The molecule has 0 unspecified atom stereocenters. The summed E-state index contributed by atoms with van der Waals surface area (Å²) < 4.78 is 10.9. The van der Waals surface area contributed by atoms with Crippen molar-refractivity contribution in [3.8, 4) is 11.5 Å². The Hall–Kier alpha value is -5.24. The largest absolute Gasteiger partial charge is 0.497 e. The van der Waals surface area contributed by atoms with Gasteiger partial charge < -0.3 is 14.4 Å². The molecule has 2 saturated heterocycles. The SMILES string of the molecule is COc1ccc(N2C[C@H](C(=O)Oc3ccc(N4C(=O)[C@H]5C6c7ccccc7C(c7ccccc76)[C@@H]5C4=O)c(C)c3)CC2=O)cc1. The topological polar surface area (TPSA) is 93.2 Å². The van der Waals surface area contributed by atoms with Crippen LogP contribution in [0.2, 0.25) is 0 Å². The summed E-state index contributed by atoms with van der Waals surface area (Å²) in [5.74, 6) is -2.00. The van der Waals surface area contributed by atoms with Crippen LogP contribution in [0.1, 0.15) is 46.1 Å². The molecule has 2 heterocycles. The molecule has 9 rings (SSSR count). The van der Waals surface area contributed by atoms with Gasteiger partial charge in [-0.25, -0.2) is 4.90 Å². The van der Waals surface area contributed by atoms with Crippen molar-refractivity contribution in [1.82, 2.24) is 0 Å². The monoisotopic (exact) mass is 598 g/mol. The maximum Gasteiger partial charge on any atom is 0.316 e. The number of esters is 1. The van der Waals surface area contributed by atoms with E-state index in [-0.39, 0.29) is 42.5 Å². The average Bonchev–Trinajstić information content (AvgIpc) is 3.58. The Morgan fingerprint density at radius 3 is 1.78 bits per heavy atom. The van der Waals surface area contributed by atoms with Gasteiger partial charge in [-0.15, -0.1) is 0 Å². The van der Waals surface area contributed by atoms with Crippen molar-refractivity contribution in [1.29, 1.82) is 0 Å². The van der Waals surface area contributed by atoms with Gasteiger partial charge in [0.15, 0.2) is 0 Å². The van der Waals surface area contributed by atoms with Crippen molar-refractivity contribution in [3.63, 3.8) is 0 Å². The van der Waals surface area contributed by atoms with Crippen molar-refractivity contribution in [2.75, 3.05) is 23.5 Å². The molecule has 0 N–H and O–H groups in total. The molecule has 0 saturated carbocycles. The molecule has 8 heteroatoms. The number of nitrogens with zero attached hydrogens (tertiary/aromatic N) is 2. The van der Waals surface area contributed by atoms with E-state index < -0.39 is 23.7 Å². The molecule has 3 atom stereocenters. The van der Waals surface area contributed by atoms with E-state index in [4.69, 9.17) is 9.47 Å². The number of carbonyl (C=O) groups excluding carboxylic acids is 4. The molecule has 4 aromatic carbocycles. The molecule has 224 valence electrons. The minimum atomic E-state index is -0.622. The Labute approximate surface area is 260 Å². The van der Waals surface area contributed by atoms with Gasteiger partial charge in [0, 0.05) is 30.5 Å². The molecule has 8 nitrogen and oxygen atoms in total. The summed E-state index contributed by atoms with van der Waals surface area (Å²) in [7, 11) is 1.57. The Balaban J connectivity index is 1.03. The van der Waals surface area contributed by atoms with E-state index in [0.29, 0.717) is 28.4 Å². The molecule has 0 aromatic heterocycles. The first-order valence-corrected chi connectivity index (χ1v) is 15.2. The zero-order chi connectivity index (χ0) is 31.0. The minimum absolute atomic E-state index is 0.0502. The van der Waals surface area contributed by atoms with Gasteiger partial charge >= 0.3 is 5.97 Å². The van der Waals surface area contributed by atoms with Gasteiger partial charge in [0.25, 0.3) is 0 Å². The molecular formula is C37H30N2O6. The van der Waals surface area contributed by atoms with Crippen LogP contribution in [0, 0.1) is 24.7 Å². The summed E-state index contributed by atoms with van der Waals surface area (Å²) in [4.78, 5) is 57.0. The first kappa shape index (κ1) is 27.3. The third-order valence-electron chi connectivity index (χ3n) is 9.92. The van der Waals surface area contributed by atoms with Crippen LogP contribution >= 0.6 is 0 Å². The lowest BCUT2D eigenvalue weighted by molar-refractivity contribution is -0.139. The molecule has 2 aliphatic heterocycles. The van der Waals surface area contributed by atoms with E-state index in [2.05, 4.69) is 24.3 Å². The predicted molar refractivity (Wildman–Crippen MR) is 166 cm³/mol. The molecule has 2 fully saturated rings. The fourth-order valence-corrected chi connectivity index (χ4v) is 7.93. The number of aryl methyl sites for hydroxylation is 1. The van der Waals surface area contributed by atoms with Gasteiger partial charge in [-0.05, 0) is 77.2 Å². The summed E-state index contributed by atoms with van der Waals surface area (Å²) in [6, 6.07) is 28.4. The van der Waals surface area contributed by atoms with Crippen molar-refractivity contribution < 1.29 is 28.7 Å². The highest BCUT2D eigenvalue weighted by Gasteiger charge is 2.61. The Morgan fingerprint density at radius 1 is 0.733 bits per heavy atom. The zero-order valence-electron chi connectivity index (χ0n) is 24.8. The lowest BCUT2D eigenvalue weighted by Crippen LogP contribution is -2.41. The van der Waals surface area contributed by atoms with E-state index in [1.165, 1.54) is 4.90 Å². The van der Waals surface area contributed by atoms with E-state index in [1.807, 2.05) is 24.3 Å². The third-order valence-corrected chi connectivity index (χ3v) is 9.92. The van der Waals surface area contributed by atoms with Crippen molar-refractivity contribution in [2.24, 2.45) is 17.8 Å². The number of benzene rings is 4. The number of amides is 3. The molecule has 45 heavy (non-hydrogen) atoms. The van der Waals surface area contributed by atoms with E-state index in [1.54, 1.807) is 61.4 Å². The summed E-state index contributed by atoms with van der Waals surface area (Å²) in [5.41, 5.74) is 6.33. The Morgan fingerprint density at radius 2 is 1.27 bits per heavy atom. The minimum Gasteiger partial charge on any atom is -0.497 e. The average molecular weight is 599 g/mol. The highest BCUT2D eigenvalue weighted by Crippen LogP contribution is 2.61. The summed E-state index contributed by atoms with van der Waals surface area (Å²) in [6.45, 7) is 2.02. The zero-order valence-corrected chi connectivity index (χ0v) is 24.8. The van der Waals surface area contributed by atoms with Gasteiger partial charge in [-0.2, -0.15) is 0 Å². The molecular weight excluding hydrogens is 568 g/mol. The lowest BCUT2D eigenvalue weighted by atomic mass is 9.55. The predicted octanol–water partition coefficient (Wildman–Crippen LogP) is 5.36. The van der Waals surface area contributed by atoms with Crippen LogP contribution in [0.4, 0.5) is 11.4 Å². The van der Waals surface area contributed by atoms with Crippen LogP contribution in [0.3, 0.4) is 0 Å². The number of imide groups is 1. The van der Waals surface area contributed by atoms with Crippen LogP contribution < -0.4 is 19.3 Å². The van der Waals surface area contributed by atoms with E-state index >= 15 is 0 Å². The van der Waals surface area contributed by atoms with E-state index in [0.717, 1.165) is 22.3 Å². The molecule has 0 spiro atoms. The van der Waals surface area contributed by atoms with Crippen molar-refractivity contribution in [3.05, 3.63) is 119 Å². The normalized spacial score (nSPS) is 24.4. The number of rotatable bonds is 5. The molecule has 5 aliphatic rings. The van der Waals surface area contributed by atoms with Gasteiger partial charge in [0.2, 0.25) is 17.7 Å². The second-order valence-corrected chi connectivity index (χ2v) is 12.2. The van der Waals surface area contributed by atoms with Gasteiger partial charge in [0.05, 0.1) is 30.6 Å². The van der Waals surface area contributed by atoms with Crippen LogP contribution in [-0.2, 0) is 19.2 Å². The number of hydrogen-bond acceptors (Lipinski definition) is 6. The molecule has 3 amide bonds. The highest BCUT2D eigenvalue weighted by atomic mass is 16.5. The van der Waals surface area contributed by atoms with E-state index in [9.17, 15) is 19.2 Å². The second-order valence-electron chi connectivity index (χ2n) is 12.2. The summed E-state index contributed by atoms with van der Waals surface area (Å²) in [6.07, 6.45) is 0.0502. The van der Waals surface area contributed by atoms with Crippen LogP contribution in [0.25, 0.3) is 0 Å². The smallest absolute Gasteiger partial charge is 0.316 e. The fourth-order valence-electron chi connectivity index (χ4n) is 7.93. The lowest BCUT2D eigenvalue weighted by Gasteiger charge is -2.45. The maximum atomic E-state index is 14.1. The highest BCUT2D eigenvalue weighted by molar-refractivity contribution is 6.23.